The molecule has 0 aliphatic rings. The van der Waals surface area contributed by atoms with Crippen molar-refractivity contribution in [3.63, 3.8) is 0 Å². The molecule has 1 aromatic heterocycles. The van der Waals surface area contributed by atoms with E-state index in [1.165, 1.54) is 18.3 Å². The Morgan fingerprint density at radius 1 is 1.33 bits per heavy atom. The molecule has 0 saturated heterocycles. The minimum atomic E-state index is -1.00. The third-order valence-corrected chi connectivity index (χ3v) is 2.70. The zero-order valence-electron chi connectivity index (χ0n) is 11.8. The average Bonchev–Trinajstić information content (AvgIpc) is 2.47. The van der Waals surface area contributed by atoms with E-state index in [1.807, 2.05) is 0 Å². The van der Waals surface area contributed by atoms with Crippen LogP contribution in [0.1, 0.15) is 16.1 Å². The molecule has 0 aliphatic carbocycles. The van der Waals surface area contributed by atoms with Crippen LogP contribution in [0.25, 0.3) is 0 Å². The minimum absolute atomic E-state index is 0.0795. The van der Waals surface area contributed by atoms with E-state index in [0.29, 0.717) is 25.3 Å². The first-order valence-electron chi connectivity index (χ1n) is 6.47. The first-order valence-corrected chi connectivity index (χ1v) is 6.47. The number of hydrogen-bond donors (Lipinski definition) is 2. The maximum Gasteiger partial charge on any atom is 0.335 e. The lowest BCUT2D eigenvalue weighted by molar-refractivity contribution is -0.129. The van der Waals surface area contributed by atoms with E-state index in [9.17, 15) is 9.59 Å². The van der Waals surface area contributed by atoms with Gasteiger partial charge in [0.15, 0.2) is 0 Å². The monoisotopic (exact) mass is 289 g/mol. The van der Waals surface area contributed by atoms with Gasteiger partial charge in [-0.25, -0.2) is 4.79 Å². The summed E-state index contributed by atoms with van der Waals surface area (Å²) in [6, 6.07) is 2.90. The molecule has 0 fully saturated rings. The molecule has 1 amide bonds. The average molecular weight is 289 g/mol. The highest BCUT2D eigenvalue weighted by Crippen LogP contribution is 2.01. The maximum absolute atomic E-state index is 11.9. The fraction of sp³-hybridized carbons (Fsp3) is 0.267. The summed E-state index contributed by atoms with van der Waals surface area (Å²) in [5.74, 6) is -1.08. The van der Waals surface area contributed by atoms with Crippen LogP contribution in [0.15, 0.2) is 43.6 Å². The lowest BCUT2D eigenvalue weighted by Gasteiger charge is -2.19. The molecule has 0 bridgehead atoms. The Balaban J connectivity index is 2.50. The van der Waals surface area contributed by atoms with E-state index in [0.717, 1.165) is 0 Å². The summed E-state index contributed by atoms with van der Waals surface area (Å²) in [6.45, 7) is 8.59. The Morgan fingerprint density at radius 3 is 2.57 bits per heavy atom. The highest BCUT2D eigenvalue weighted by Gasteiger charge is 2.10. The van der Waals surface area contributed by atoms with Crippen LogP contribution in [-0.2, 0) is 11.3 Å². The van der Waals surface area contributed by atoms with Crippen LogP contribution >= 0.6 is 0 Å². The fourth-order valence-corrected chi connectivity index (χ4v) is 1.71. The Bertz CT molecular complexity index is 519. The van der Waals surface area contributed by atoms with Gasteiger partial charge in [0, 0.05) is 25.8 Å². The standard InChI is InChI=1S/C15H19N3O3/c1-3-7-18(8-4-2)14(19)11-16-10-13-9-12(15(20)21)5-6-17-13/h3-6,9,16H,1-2,7-8,10-11H2,(H,20,21). The van der Waals surface area contributed by atoms with Crippen molar-refractivity contribution in [2.45, 2.75) is 6.54 Å². The van der Waals surface area contributed by atoms with Crippen molar-refractivity contribution in [2.75, 3.05) is 19.6 Å². The van der Waals surface area contributed by atoms with Crippen molar-refractivity contribution in [2.24, 2.45) is 0 Å². The van der Waals surface area contributed by atoms with Gasteiger partial charge >= 0.3 is 5.97 Å². The van der Waals surface area contributed by atoms with Crippen molar-refractivity contribution >= 4 is 11.9 Å². The summed E-state index contributed by atoms with van der Waals surface area (Å²) < 4.78 is 0. The van der Waals surface area contributed by atoms with E-state index in [-0.39, 0.29) is 18.0 Å². The number of carboxylic acid groups (broad SMARTS) is 1. The zero-order valence-corrected chi connectivity index (χ0v) is 11.8. The van der Waals surface area contributed by atoms with Crippen molar-refractivity contribution in [1.29, 1.82) is 0 Å². The Hall–Kier alpha value is -2.47. The first-order chi connectivity index (χ1) is 10.1. The normalized spacial score (nSPS) is 9.90. The molecule has 6 nitrogen and oxygen atoms in total. The van der Waals surface area contributed by atoms with Gasteiger partial charge in [0.05, 0.1) is 17.8 Å². The van der Waals surface area contributed by atoms with Gasteiger partial charge in [-0.1, -0.05) is 12.2 Å². The van der Waals surface area contributed by atoms with Gasteiger partial charge < -0.3 is 15.3 Å². The van der Waals surface area contributed by atoms with E-state index < -0.39 is 5.97 Å². The molecule has 0 spiro atoms. The summed E-state index contributed by atoms with van der Waals surface area (Å²) in [6.07, 6.45) is 4.74. The van der Waals surface area contributed by atoms with E-state index >= 15 is 0 Å². The van der Waals surface area contributed by atoms with Crippen molar-refractivity contribution in [3.05, 3.63) is 54.9 Å². The van der Waals surface area contributed by atoms with E-state index in [1.54, 1.807) is 17.1 Å². The van der Waals surface area contributed by atoms with E-state index in [2.05, 4.69) is 23.5 Å². The molecule has 0 unspecified atom stereocenters. The lowest BCUT2D eigenvalue weighted by Crippen LogP contribution is -2.38. The molecule has 21 heavy (non-hydrogen) atoms. The molecule has 6 heteroatoms. The van der Waals surface area contributed by atoms with Gasteiger partial charge in [0.1, 0.15) is 0 Å². The number of pyridine rings is 1. The van der Waals surface area contributed by atoms with Gasteiger partial charge in [0.2, 0.25) is 5.91 Å². The van der Waals surface area contributed by atoms with Gasteiger partial charge in [-0.2, -0.15) is 0 Å². The molecule has 0 atom stereocenters. The van der Waals surface area contributed by atoms with Crippen LogP contribution in [0, 0.1) is 0 Å². The molecule has 1 rings (SSSR count). The Labute approximate surface area is 123 Å². The predicted molar refractivity (Wildman–Crippen MR) is 79.9 cm³/mol. The fourth-order valence-electron chi connectivity index (χ4n) is 1.71. The second kappa shape index (κ2) is 8.65. The highest BCUT2D eigenvalue weighted by atomic mass is 16.4. The number of rotatable bonds is 9. The van der Waals surface area contributed by atoms with Crippen LogP contribution in [0.2, 0.25) is 0 Å². The van der Waals surface area contributed by atoms with Crippen LogP contribution < -0.4 is 5.32 Å². The number of amides is 1. The summed E-state index contributed by atoms with van der Waals surface area (Å²) >= 11 is 0. The van der Waals surface area contributed by atoms with Gasteiger partial charge in [-0.3, -0.25) is 9.78 Å². The summed E-state index contributed by atoms with van der Waals surface area (Å²) in [5, 5.41) is 11.8. The summed E-state index contributed by atoms with van der Waals surface area (Å²) in [4.78, 5) is 28.4. The van der Waals surface area contributed by atoms with E-state index in [4.69, 9.17) is 5.11 Å². The molecule has 0 saturated carbocycles. The molecule has 0 aromatic carbocycles. The third-order valence-electron chi connectivity index (χ3n) is 2.70. The number of nitrogens with one attached hydrogen (secondary N) is 1. The first kappa shape index (κ1) is 16.6. The lowest BCUT2D eigenvalue weighted by atomic mass is 10.2. The maximum atomic E-state index is 11.9. The molecule has 2 N–H and O–H groups in total. The number of aromatic nitrogens is 1. The second-order valence-electron chi connectivity index (χ2n) is 4.32. The Kier molecular flexibility index (Phi) is 6.83. The number of carbonyl (C=O) groups is 2. The van der Waals surface area contributed by atoms with Crippen molar-refractivity contribution in [3.8, 4) is 0 Å². The van der Waals surface area contributed by atoms with Crippen LogP contribution in [-0.4, -0.2) is 46.5 Å². The molecule has 112 valence electrons. The Morgan fingerprint density at radius 2 is 2.00 bits per heavy atom. The zero-order chi connectivity index (χ0) is 15.7. The minimum Gasteiger partial charge on any atom is -0.478 e. The van der Waals surface area contributed by atoms with Gasteiger partial charge in [-0.15, -0.1) is 13.2 Å². The van der Waals surface area contributed by atoms with Crippen LogP contribution in [0.4, 0.5) is 0 Å². The van der Waals surface area contributed by atoms with Crippen LogP contribution in [0.5, 0.6) is 0 Å². The SMILES string of the molecule is C=CCN(CC=C)C(=O)CNCc1cc(C(=O)O)ccn1. The molecular weight excluding hydrogens is 270 g/mol. The predicted octanol–water partition coefficient (Wildman–Crippen LogP) is 1.07. The summed E-state index contributed by atoms with van der Waals surface area (Å²) in [5.41, 5.74) is 0.745. The van der Waals surface area contributed by atoms with Crippen molar-refractivity contribution in [1.82, 2.24) is 15.2 Å². The van der Waals surface area contributed by atoms with Crippen LogP contribution in [0.3, 0.4) is 0 Å². The molecular formula is C15H19N3O3. The number of carboxylic acids is 1. The number of nitrogens with zero attached hydrogens (tertiary/aromatic N) is 2. The molecule has 1 heterocycles. The molecule has 0 aliphatic heterocycles. The van der Waals surface area contributed by atoms with Gasteiger partial charge in [-0.05, 0) is 12.1 Å². The quantitative estimate of drug-likeness (QED) is 0.664. The summed E-state index contributed by atoms with van der Waals surface area (Å²) in [7, 11) is 0. The number of hydrogen-bond acceptors (Lipinski definition) is 4. The van der Waals surface area contributed by atoms with Crippen molar-refractivity contribution < 1.29 is 14.7 Å². The topological polar surface area (TPSA) is 82.5 Å². The van der Waals surface area contributed by atoms with Gasteiger partial charge in [0.25, 0.3) is 0 Å². The molecule has 0 radical (unpaired) electrons. The number of carbonyl (C=O) groups excluding carboxylic acids is 1. The molecule has 1 aromatic rings. The largest absolute Gasteiger partial charge is 0.478 e. The third kappa shape index (κ3) is 5.58. The highest BCUT2D eigenvalue weighted by molar-refractivity contribution is 5.87. The second-order valence-corrected chi connectivity index (χ2v) is 4.32. The number of aromatic carboxylic acids is 1. The smallest absolute Gasteiger partial charge is 0.335 e.